The zero-order chi connectivity index (χ0) is 46.7. The Hall–Kier alpha value is -5.48. The van der Waals surface area contributed by atoms with Gasteiger partial charge in [0.2, 0.25) is 0 Å². The molecule has 2 aromatic carbocycles. The number of ether oxygens (including phenoxy) is 4. The third-order valence-corrected chi connectivity index (χ3v) is 11.1. The maximum atomic E-state index is 12.0. The lowest BCUT2D eigenvalue weighted by atomic mass is 10.1. The SMILES string of the molecule is CCCCCCCCCCCCOc1cc(C#Cc2cc(C(N)=O)nc(C(N)=O)c2)c(OCCCCCCCCCCCC)cc1C#Cc1ccc(OCCCCCCOC(C)=O)cc1. The number of unbranched alkanes of at least 4 members (excludes halogenated alkanes) is 21. The van der Waals surface area contributed by atoms with E-state index in [4.69, 9.17) is 30.4 Å². The second-order valence-corrected chi connectivity index (χ2v) is 16.9. The summed E-state index contributed by atoms with van der Waals surface area (Å²) in [6, 6.07) is 14.4. The number of carbonyl (C=O) groups is 3. The van der Waals surface area contributed by atoms with Gasteiger partial charge in [0.15, 0.2) is 0 Å². The number of pyridine rings is 1. The minimum Gasteiger partial charge on any atom is -0.494 e. The Kier molecular flexibility index (Phi) is 28.1. The Morgan fingerprint density at radius 1 is 0.462 bits per heavy atom. The lowest BCUT2D eigenvalue weighted by Gasteiger charge is -2.14. The monoisotopic (exact) mass is 892 g/mol. The number of nitrogens with two attached hydrogens (primary N) is 2. The van der Waals surface area contributed by atoms with Gasteiger partial charge in [-0.2, -0.15) is 0 Å². The van der Waals surface area contributed by atoms with Crippen molar-refractivity contribution >= 4 is 17.8 Å². The number of benzene rings is 2. The molecule has 0 saturated heterocycles. The van der Waals surface area contributed by atoms with Crippen molar-refractivity contribution in [3.63, 3.8) is 0 Å². The third kappa shape index (κ3) is 24.4. The quantitative estimate of drug-likeness (QED) is 0.0341. The summed E-state index contributed by atoms with van der Waals surface area (Å²) in [5.74, 6) is 13.1. The van der Waals surface area contributed by atoms with Crippen LogP contribution < -0.4 is 25.7 Å². The average Bonchev–Trinajstić information content (AvgIpc) is 3.30. The van der Waals surface area contributed by atoms with Crippen LogP contribution in [-0.2, 0) is 9.53 Å². The van der Waals surface area contributed by atoms with Gasteiger partial charge in [0.1, 0.15) is 28.6 Å². The van der Waals surface area contributed by atoms with Crippen molar-refractivity contribution in [2.24, 2.45) is 11.5 Å². The molecule has 3 aromatic rings. The minimum absolute atomic E-state index is 0.0988. The molecule has 0 bridgehead atoms. The van der Waals surface area contributed by atoms with E-state index in [1.807, 2.05) is 36.4 Å². The van der Waals surface area contributed by atoms with E-state index in [1.54, 1.807) is 0 Å². The fourth-order valence-corrected chi connectivity index (χ4v) is 7.27. The molecule has 0 aliphatic heterocycles. The smallest absolute Gasteiger partial charge is 0.302 e. The zero-order valence-electron chi connectivity index (χ0n) is 39.9. The van der Waals surface area contributed by atoms with Gasteiger partial charge in [0.25, 0.3) is 11.8 Å². The molecule has 3 rings (SSSR count). The molecule has 10 nitrogen and oxygen atoms in total. The summed E-state index contributed by atoms with van der Waals surface area (Å²) in [5.41, 5.74) is 13.3. The number of primary amides is 2. The lowest BCUT2D eigenvalue weighted by Crippen LogP contribution is -2.19. The van der Waals surface area contributed by atoms with Crippen LogP contribution >= 0.6 is 0 Å². The van der Waals surface area contributed by atoms with Crippen molar-refractivity contribution < 1.29 is 33.3 Å². The first-order chi connectivity index (χ1) is 31.7. The number of hydrogen-bond donors (Lipinski definition) is 2. The van der Waals surface area contributed by atoms with Crippen molar-refractivity contribution in [3.8, 4) is 40.9 Å². The number of aromatic nitrogens is 1. The normalized spacial score (nSPS) is 10.6. The largest absolute Gasteiger partial charge is 0.494 e. The summed E-state index contributed by atoms with van der Waals surface area (Å²) >= 11 is 0. The molecular formula is C55H77N3O7. The predicted molar refractivity (Wildman–Crippen MR) is 261 cm³/mol. The van der Waals surface area contributed by atoms with Gasteiger partial charge >= 0.3 is 5.97 Å². The van der Waals surface area contributed by atoms with E-state index >= 15 is 0 Å². The lowest BCUT2D eigenvalue weighted by molar-refractivity contribution is -0.141. The highest BCUT2D eigenvalue weighted by molar-refractivity contribution is 5.95. The molecule has 0 atom stereocenters. The summed E-state index contributed by atoms with van der Waals surface area (Å²) < 4.78 is 23.9. The molecule has 1 heterocycles. The molecule has 65 heavy (non-hydrogen) atoms. The van der Waals surface area contributed by atoms with Crippen molar-refractivity contribution in [1.82, 2.24) is 4.98 Å². The van der Waals surface area contributed by atoms with Crippen LogP contribution in [0.1, 0.15) is 218 Å². The molecule has 4 N–H and O–H groups in total. The summed E-state index contributed by atoms with van der Waals surface area (Å²) in [7, 11) is 0. The Morgan fingerprint density at radius 3 is 1.23 bits per heavy atom. The molecule has 0 unspecified atom stereocenters. The van der Waals surface area contributed by atoms with Crippen LogP contribution in [0, 0.1) is 23.7 Å². The van der Waals surface area contributed by atoms with Gasteiger partial charge in [-0.3, -0.25) is 14.4 Å². The molecule has 2 amide bonds. The minimum atomic E-state index is -0.787. The molecule has 1 aromatic heterocycles. The van der Waals surface area contributed by atoms with Crippen LogP contribution in [0.2, 0.25) is 0 Å². The van der Waals surface area contributed by atoms with Gasteiger partial charge in [-0.25, -0.2) is 4.98 Å². The Labute approximate surface area is 390 Å². The van der Waals surface area contributed by atoms with Crippen LogP contribution in [-0.4, -0.2) is 49.2 Å². The number of amides is 2. The van der Waals surface area contributed by atoms with Crippen molar-refractivity contribution in [3.05, 3.63) is 82.2 Å². The third-order valence-electron chi connectivity index (χ3n) is 11.1. The number of nitrogens with zero attached hydrogens (tertiary/aromatic N) is 1. The Morgan fingerprint density at radius 2 is 0.831 bits per heavy atom. The highest BCUT2D eigenvalue weighted by atomic mass is 16.5. The molecule has 0 fully saturated rings. The summed E-state index contributed by atoms with van der Waals surface area (Å²) in [6.45, 7) is 8.04. The first kappa shape index (κ1) is 53.9. The summed E-state index contributed by atoms with van der Waals surface area (Å²) in [5, 5.41) is 0. The van der Waals surface area contributed by atoms with E-state index < -0.39 is 11.8 Å². The van der Waals surface area contributed by atoms with Gasteiger partial charge in [0.05, 0.1) is 37.6 Å². The molecule has 0 saturated carbocycles. The molecule has 0 aliphatic carbocycles. The number of hydrogen-bond acceptors (Lipinski definition) is 8. The average molecular weight is 892 g/mol. The molecular weight excluding hydrogens is 815 g/mol. The summed E-state index contributed by atoms with van der Waals surface area (Å²) in [6.07, 6.45) is 28.2. The topological polar surface area (TPSA) is 153 Å². The van der Waals surface area contributed by atoms with Crippen molar-refractivity contribution in [1.29, 1.82) is 0 Å². The van der Waals surface area contributed by atoms with Gasteiger partial charge in [-0.15, -0.1) is 0 Å². The molecule has 10 heteroatoms. The Bertz CT molecular complexity index is 1940. The molecule has 0 aliphatic rings. The second kappa shape index (κ2) is 33.9. The first-order valence-electron chi connectivity index (χ1n) is 24.7. The van der Waals surface area contributed by atoms with E-state index in [1.165, 1.54) is 122 Å². The van der Waals surface area contributed by atoms with E-state index in [2.05, 4.69) is 42.5 Å². The standard InChI is InChI=1S/C55H77N3O7/c1-4-6-8-10-12-14-16-18-20-26-38-64-52-43-48(33-29-46-40-50(54(56)60)58-51(41-46)55(57)61)53(65-39-27-21-19-17-15-13-11-9-7-5-2)42-47(52)32-28-45-30-34-49(35-31-45)63-37-25-23-22-24-36-62-44(3)59/h30-31,34-35,40-43H,4-27,36-39H2,1-3H3,(H2,56,60)(H2,57,61). The number of esters is 1. The maximum absolute atomic E-state index is 12.0. The highest BCUT2D eigenvalue weighted by Gasteiger charge is 2.13. The first-order valence-corrected chi connectivity index (χ1v) is 24.7. The zero-order valence-corrected chi connectivity index (χ0v) is 39.9. The van der Waals surface area contributed by atoms with Crippen molar-refractivity contribution in [2.75, 3.05) is 26.4 Å². The highest BCUT2D eigenvalue weighted by Crippen LogP contribution is 2.30. The fraction of sp³-hybridized carbons (Fsp3) is 0.564. The molecule has 354 valence electrons. The van der Waals surface area contributed by atoms with Gasteiger partial charge < -0.3 is 30.4 Å². The van der Waals surface area contributed by atoms with E-state index in [0.717, 1.165) is 62.7 Å². The predicted octanol–water partition coefficient (Wildman–Crippen LogP) is 12.2. The van der Waals surface area contributed by atoms with Crippen LogP contribution in [0.4, 0.5) is 0 Å². The van der Waals surface area contributed by atoms with Crippen molar-refractivity contribution in [2.45, 2.75) is 175 Å². The summed E-state index contributed by atoms with van der Waals surface area (Å²) in [4.78, 5) is 39.0. The van der Waals surface area contributed by atoms with Crippen LogP contribution in [0.5, 0.6) is 17.2 Å². The van der Waals surface area contributed by atoms with Crippen LogP contribution in [0.25, 0.3) is 0 Å². The second-order valence-electron chi connectivity index (χ2n) is 16.9. The number of rotatable bonds is 34. The van der Waals surface area contributed by atoms with Gasteiger partial charge in [-0.1, -0.05) is 153 Å². The van der Waals surface area contributed by atoms with Gasteiger partial charge in [-0.05, 0) is 74.9 Å². The Balaban J connectivity index is 1.82. The molecule has 0 spiro atoms. The van der Waals surface area contributed by atoms with Gasteiger partial charge in [0, 0.05) is 30.2 Å². The van der Waals surface area contributed by atoms with Crippen LogP contribution in [0.15, 0.2) is 48.5 Å². The molecule has 0 radical (unpaired) electrons. The van der Waals surface area contributed by atoms with E-state index in [9.17, 15) is 14.4 Å². The fourth-order valence-electron chi connectivity index (χ4n) is 7.27. The number of carbonyl (C=O) groups excluding carboxylic acids is 3. The van der Waals surface area contributed by atoms with Crippen LogP contribution in [0.3, 0.4) is 0 Å². The van der Waals surface area contributed by atoms with E-state index in [0.29, 0.717) is 54.6 Å². The van der Waals surface area contributed by atoms with E-state index in [-0.39, 0.29) is 17.4 Å². The maximum Gasteiger partial charge on any atom is 0.302 e.